The first-order chi connectivity index (χ1) is 7.31. The maximum absolute atomic E-state index is 11.2. The van der Waals surface area contributed by atoms with Crippen LogP contribution in [0.5, 0.6) is 0 Å². The molecular formula is C11H22O2S3. The van der Waals surface area contributed by atoms with Gasteiger partial charge in [-0.1, -0.05) is 33.1 Å². The minimum atomic E-state index is -0.880. The van der Waals surface area contributed by atoms with Gasteiger partial charge in [0.2, 0.25) is 0 Å². The van der Waals surface area contributed by atoms with Crippen molar-refractivity contribution in [3.05, 3.63) is 0 Å². The third-order valence-corrected chi connectivity index (χ3v) is 2.54. The summed E-state index contributed by atoms with van der Waals surface area (Å²) in [6, 6.07) is 0. The summed E-state index contributed by atoms with van der Waals surface area (Å²) in [6.07, 6.45) is 4.58. The third-order valence-electron chi connectivity index (χ3n) is 2.07. The Balaban J connectivity index is 3.35. The van der Waals surface area contributed by atoms with Crippen molar-refractivity contribution in [1.82, 2.24) is 0 Å². The van der Waals surface area contributed by atoms with E-state index in [1.807, 2.05) is 0 Å². The molecule has 0 unspecified atom stereocenters. The first kappa shape index (κ1) is 16.5. The van der Waals surface area contributed by atoms with Gasteiger partial charge in [-0.3, -0.25) is 4.79 Å². The molecule has 0 fully saturated rings. The van der Waals surface area contributed by atoms with E-state index in [0.29, 0.717) is 6.61 Å². The Morgan fingerprint density at radius 3 is 2.31 bits per heavy atom. The summed E-state index contributed by atoms with van der Waals surface area (Å²) in [6.45, 7) is 4.92. The highest BCUT2D eigenvalue weighted by molar-refractivity contribution is 8.17. The largest absolute Gasteiger partial charge is 0.466 e. The van der Waals surface area contributed by atoms with Gasteiger partial charge in [-0.25, -0.2) is 0 Å². The predicted octanol–water partition coefficient (Wildman–Crippen LogP) is 3.58. The summed E-state index contributed by atoms with van der Waals surface area (Å²) < 4.78 is 4.16. The van der Waals surface area contributed by atoms with E-state index < -0.39 is 3.41 Å². The number of hydrogen-bond donors (Lipinski definition) is 3. The monoisotopic (exact) mass is 282 g/mol. The van der Waals surface area contributed by atoms with Crippen LogP contribution in [0.25, 0.3) is 0 Å². The van der Waals surface area contributed by atoms with E-state index in [2.05, 4.69) is 51.7 Å². The second-order valence-corrected chi connectivity index (χ2v) is 7.76. The molecule has 0 aliphatic carbocycles. The second kappa shape index (κ2) is 8.59. The highest BCUT2D eigenvalue weighted by Crippen LogP contribution is 2.28. The molecular weight excluding hydrogens is 260 g/mol. The SMILES string of the molecule is CC(C)CCCCCOC(=O)CC(S)(S)S. The van der Waals surface area contributed by atoms with Gasteiger partial charge < -0.3 is 4.74 Å². The van der Waals surface area contributed by atoms with Gasteiger partial charge >= 0.3 is 5.97 Å². The molecule has 16 heavy (non-hydrogen) atoms. The fourth-order valence-electron chi connectivity index (χ4n) is 1.26. The summed E-state index contributed by atoms with van der Waals surface area (Å²) in [5, 5.41) is 0. The third kappa shape index (κ3) is 12.6. The Morgan fingerprint density at radius 1 is 1.19 bits per heavy atom. The summed E-state index contributed by atoms with van der Waals surface area (Å²) in [5.74, 6) is 0.463. The van der Waals surface area contributed by atoms with Gasteiger partial charge in [0.05, 0.1) is 13.0 Å². The molecule has 0 saturated heterocycles. The number of carbonyl (C=O) groups is 1. The van der Waals surface area contributed by atoms with Crippen molar-refractivity contribution in [2.45, 2.75) is 49.4 Å². The Hall–Kier alpha value is 0.520. The van der Waals surface area contributed by atoms with Crippen LogP contribution in [-0.2, 0) is 9.53 Å². The molecule has 0 saturated carbocycles. The molecule has 0 heterocycles. The molecule has 0 aliphatic heterocycles. The summed E-state index contributed by atoms with van der Waals surface area (Å²) in [7, 11) is 0. The zero-order valence-electron chi connectivity index (χ0n) is 9.98. The smallest absolute Gasteiger partial charge is 0.308 e. The average Bonchev–Trinajstić information content (AvgIpc) is 2.07. The Labute approximate surface area is 115 Å². The van der Waals surface area contributed by atoms with Gasteiger partial charge in [0.15, 0.2) is 0 Å². The number of ether oxygens (including phenoxy) is 1. The lowest BCUT2D eigenvalue weighted by Crippen LogP contribution is -2.15. The number of thiol groups is 3. The molecule has 0 radical (unpaired) electrons. The fraction of sp³-hybridized carbons (Fsp3) is 0.909. The molecule has 0 N–H and O–H groups in total. The van der Waals surface area contributed by atoms with Gasteiger partial charge in [0.1, 0.15) is 3.41 Å². The van der Waals surface area contributed by atoms with E-state index in [1.165, 1.54) is 12.8 Å². The van der Waals surface area contributed by atoms with Crippen LogP contribution >= 0.6 is 37.9 Å². The first-order valence-electron chi connectivity index (χ1n) is 5.64. The second-order valence-electron chi connectivity index (χ2n) is 4.41. The van der Waals surface area contributed by atoms with Crippen LogP contribution in [0.1, 0.15) is 46.0 Å². The van der Waals surface area contributed by atoms with Crippen molar-refractivity contribution in [3.63, 3.8) is 0 Å². The lowest BCUT2D eigenvalue weighted by Gasteiger charge is -2.13. The number of rotatable bonds is 8. The van der Waals surface area contributed by atoms with Crippen molar-refractivity contribution in [1.29, 1.82) is 0 Å². The van der Waals surface area contributed by atoms with Crippen LogP contribution in [0.2, 0.25) is 0 Å². The van der Waals surface area contributed by atoms with Crippen LogP contribution in [0.15, 0.2) is 0 Å². The fourth-order valence-corrected chi connectivity index (χ4v) is 1.65. The Morgan fingerprint density at radius 2 is 1.81 bits per heavy atom. The highest BCUT2D eigenvalue weighted by atomic mass is 32.2. The van der Waals surface area contributed by atoms with E-state index in [4.69, 9.17) is 4.74 Å². The number of esters is 1. The molecule has 5 heteroatoms. The minimum Gasteiger partial charge on any atom is -0.466 e. The highest BCUT2D eigenvalue weighted by Gasteiger charge is 2.19. The Kier molecular flexibility index (Phi) is 8.87. The van der Waals surface area contributed by atoms with E-state index in [9.17, 15) is 4.79 Å². The molecule has 0 spiro atoms. The molecule has 0 bridgehead atoms. The van der Waals surface area contributed by atoms with E-state index >= 15 is 0 Å². The molecule has 0 amide bonds. The molecule has 0 aromatic carbocycles. The van der Waals surface area contributed by atoms with Crippen LogP contribution in [0, 0.1) is 5.92 Å². The van der Waals surface area contributed by atoms with Crippen molar-refractivity contribution < 1.29 is 9.53 Å². The Bertz CT molecular complexity index is 200. The van der Waals surface area contributed by atoms with Crippen molar-refractivity contribution in [2.75, 3.05) is 6.61 Å². The van der Waals surface area contributed by atoms with Gasteiger partial charge in [-0.05, 0) is 12.3 Å². The van der Waals surface area contributed by atoms with Gasteiger partial charge in [-0.15, -0.1) is 0 Å². The van der Waals surface area contributed by atoms with Gasteiger partial charge in [0, 0.05) is 0 Å². The van der Waals surface area contributed by atoms with Crippen LogP contribution in [-0.4, -0.2) is 16.0 Å². The predicted molar refractivity (Wildman–Crippen MR) is 78.6 cm³/mol. The van der Waals surface area contributed by atoms with E-state index in [0.717, 1.165) is 18.8 Å². The number of carbonyl (C=O) groups excluding carboxylic acids is 1. The maximum Gasteiger partial charge on any atom is 0.308 e. The minimum absolute atomic E-state index is 0.105. The van der Waals surface area contributed by atoms with Crippen molar-refractivity contribution in [2.24, 2.45) is 5.92 Å². The number of hydrogen-bond acceptors (Lipinski definition) is 5. The summed E-state index contributed by atoms with van der Waals surface area (Å²) in [4.78, 5) is 11.2. The molecule has 0 rings (SSSR count). The lowest BCUT2D eigenvalue weighted by molar-refractivity contribution is -0.143. The molecule has 0 aromatic rings. The van der Waals surface area contributed by atoms with Crippen molar-refractivity contribution in [3.8, 4) is 0 Å². The first-order valence-corrected chi connectivity index (χ1v) is 6.98. The molecule has 0 atom stereocenters. The zero-order chi connectivity index (χ0) is 12.6. The van der Waals surface area contributed by atoms with E-state index in [1.54, 1.807) is 0 Å². The quantitative estimate of drug-likeness (QED) is 0.275. The number of unbranched alkanes of at least 4 members (excludes halogenated alkanes) is 2. The summed E-state index contributed by atoms with van der Waals surface area (Å²) >= 11 is 12.1. The summed E-state index contributed by atoms with van der Waals surface area (Å²) in [5.41, 5.74) is 0. The van der Waals surface area contributed by atoms with Gasteiger partial charge in [0.25, 0.3) is 0 Å². The molecule has 0 aliphatic rings. The standard InChI is InChI=1S/C11H22O2S3/c1-9(2)6-4-3-5-7-13-10(12)8-11(14,15)16/h9,14-16H,3-8H2,1-2H3. The molecule has 0 aromatic heterocycles. The lowest BCUT2D eigenvalue weighted by atomic mass is 10.1. The zero-order valence-corrected chi connectivity index (χ0v) is 12.7. The van der Waals surface area contributed by atoms with Crippen LogP contribution < -0.4 is 0 Å². The normalized spacial score (nSPS) is 11.9. The van der Waals surface area contributed by atoms with Crippen LogP contribution in [0.4, 0.5) is 0 Å². The van der Waals surface area contributed by atoms with Crippen LogP contribution in [0.3, 0.4) is 0 Å². The maximum atomic E-state index is 11.2. The molecule has 2 nitrogen and oxygen atoms in total. The average molecular weight is 282 g/mol. The van der Waals surface area contributed by atoms with Gasteiger partial charge in [-0.2, -0.15) is 37.9 Å². The van der Waals surface area contributed by atoms with Crippen molar-refractivity contribution >= 4 is 43.9 Å². The molecule has 96 valence electrons. The van der Waals surface area contributed by atoms with E-state index in [-0.39, 0.29) is 12.4 Å². The topological polar surface area (TPSA) is 26.3 Å².